The average Bonchev–Trinajstić information content (AvgIpc) is 2.74. The molecule has 0 fully saturated rings. The van der Waals surface area contributed by atoms with Gasteiger partial charge in [-0.05, 0) is 18.6 Å². The molecule has 0 spiro atoms. The summed E-state index contributed by atoms with van der Waals surface area (Å²) in [5.74, 6) is -0.472. The SMILES string of the molecule is COC(=O)CCCS(=O)(=O)N(C)Cc1ccc(Cl)s1. The van der Waals surface area contributed by atoms with Gasteiger partial charge in [-0.15, -0.1) is 11.3 Å². The molecule has 108 valence electrons. The number of ether oxygens (including phenoxy) is 1. The third kappa shape index (κ3) is 5.48. The van der Waals surface area contributed by atoms with Gasteiger partial charge >= 0.3 is 5.97 Å². The van der Waals surface area contributed by atoms with E-state index >= 15 is 0 Å². The first-order valence-electron chi connectivity index (χ1n) is 5.60. The Balaban J connectivity index is 2.49. The van der Waals surface area contributed by atoms with Gasteiger partial charge in [0.25, 0.3) is 0 Å². The number of thiophene rings is 1. The summed E-state index contributed by atoms with van der Waals surface area (Å²) in [7, 11) is -0.568. The van der Waals surface area contributed by atoms with E-state index in [1.165, 1.54) is 29.8 Å². The molecule has 1 rings (SSSR count). The Bertz CT molecular complexity index is 527. The van der Waals surface area contributed by atoms with E-state index in [-0.39, 0.29) is 25.1 Å². The fraction of sp³-hybridized carbons (Fsp3) is 0.545. The molecule has 0 saturated heterocycles. The number of sulfonamides is 1. The van der Waals surface area contributed by atoms with E-state index in [2.05, 4.69) is 4.74 Å². The van der Waals surface area contributed by atoms with Crippen LogP contribution in [0.2, 0.25) is 4.34 Å². The molecule has 1 aromatic heterocycles. The maximum absolute atomic E-state index is 12.0. The fourth-order valence-electron chi connectivity index (χ4n) is 1.41. The van der Waals surface area contributed by atoms with Gasteiger partial charge < -0.3 is 4.74 Å². The molecule has 8 heteroatoms. The van der Waals surface area contributed by atoms with Gasteiger partial charge in [0.1, 0.15) is 0 Å². The van der Waals surface area contributed by atoms with Crippen LogP contribution < -0.4 is 0 Å². The fourth-order valence-corrected chi connectivity index (χ4v) is 3.79. The van der Waals surface area contributed by atoms with Gasteiger partial charge in [0.2, 0.25) is 10.0 Å². The summed E-state index contributed by atoms with van der Waals surface area (Å²) in [5, 5.41) is 0. The standard InChI is InChI=1S/C11H16ClNO4S2/c1-13(8-9-5-6-10(12)18-9)19(15,16)7-3-4-11(14)17-2/h5-6H,3-4,7-8H2,1-2H3. The van der Waals surface area contributed by atoms with Crippen LogP contribution in [-0.2, 0) is 26.1 Å². The molecule has 0 aliphatic rings. The predicted molar refractivity (Wildman–Crippen MR) is 75.8 cm³/mol. The first-order chi connectivity index (χ1) is 8.85. The Hall–Kier alpha value is -0.630. The molecular formula is C11H16ClNO4S2. The summed E-state index contributed by atoms with van der Waals surface area (Å²) in [6.07, 6.45) is 0.360. The molecular weight excluding hydrogens is 310 g/mol. The molecule has 1 aromatic rings. The van der Waals surface area contributed by atoms with Crippen LogP contribution in [0.15, 0.2) is 12.1 Å². The Morgan fingerprint density at radius 2 is 2.16 bits per heavy atom. The van der Waals surface area contributed by atoms with Crippen LogP contribution in [0, 0.1) is 0 Å². The third-order valence-corrected chi connectivity index (χ3v) is 5.59. The highest BCUT2D eigenvalue weighted by Gasteiger charge is 2.19. The maximum Gasteiger partial charge on any atom is 0.305 e. The Morgan fingerprint density at radius 1 is 1.47 bits per heavy atom. The molecule has 0 radical (unpaired) electrons. The first kappa shape index (κ1) is 16.4. The predicted octanol–water partition coefficient (Wildman–Crippen LogP) is 2.12. The molecule has 19 heavy (non-hydrogen) atoms. The molecule has 0 atom stereocenters. The largest absolute Gasteiger partial charge is 0.469 e. The van der Waals surface area contributed by atoms with Crippen molar-refractivity contribution in [3.8, 4) is 0 Å². The van der Waals surface area contributed by atoms with Gasteiger partial charge in [0.05, 0.1) is 17.2 Å². The third-order valence-electron chi connectivity index (χ3n) is 2.49. The molecule has 0 aliphatic heterocycles. The minimum absolute atomic E-state index is 0.0717. The monoisotopic (exact) mass is 325 g/mol. The Morgan fingerprint density at radius 3 is 2.68 bits per heavy atom. The second kappa shape index (κ2) is 7.23. The molecule has 0 aliphatic carbocycles. The quantitative estimate of drug-likeness (QED) is 0.720. The number of halogens is 1. The molecule has 0 unspecified atom stereocenters. The molecule has 0 saturated carbocycles. The number of hydrogen-bond acceptors (Lipinski definition) is 5. The number of carbonyl (C=O) groups is 1. The molecule has 0 N–H and O–H groups in total. The van der Waals surface area contributed by atoms with Crippen LogP contribution in [0.5, 0.6) is 0 Å². The van der Waals surface area contributed by atoms with Crippen LogP contribution in [0.1, 0.15) is 17.7 Å². The summed E-state index contributed by atoms with van der Waals surface area (Å²) in [4.78, 5) is 11.8. The van der Waals surface area contributed by atoms with E-state index in [0.29, 0.717) is 4.34 Å². The zero-order valence-electron chi connectivity index (χ0n) is 10.8. The second-order valence-corrected chi connectivity index (χ2v) is 7.95. The molecule has 1 heterocycles. The van der Waals surface area contributed by atoms with Crippen molar-refractivity contribution < 1.29 is 17.9 Å². The van der Waals surface area contributed by atoms with Gasteiger partial charge in [-0.25, -0.2) is 8.42 Å². The molecule has 0 amide bonds. The van der Waals surface area contributed by atoms with E-state index < -0.39 is 16.0 Å². The number of hydrogen-bond donors (Lipinski definition) is 0. The average molecular weight is 326 g/mol. The van der Waals surface area contributed by atoms with E-state index in [0.717, 1.165) is 4.88 Å². The lowest BCUT2D eigenvalue weighted by Gasteiger charge is -2.15. The molecule has 5 nitrogen and oxygen atoms in total. The lowest BCUT2D eigenvalue weighted by atomic mass is 10.3. The van der Waals surface area contributed by atoms with E-state index in [1.54, 1.807) is 12.1 Å². The second-order valence-electron chi connectivity index (χ2n) is 3.96. The summed E-state index contributed by atoms with van der Waals surface area (Å²) in [6, 6.07) is 3.53. The van der Waals surface area contributed by atoms with Gasteiger partial charge in [-0.3, -0.25) is 4.79 Å². The Labute approximate surface area is 122 Å². The van der Waals surface area contributed by atoms with Gasteiger partial charge in [-0.1, -0.05) is 11.6 Å². The van der Waals surface area contributed by atoms with Crippen molar-refractivity contribution in [3.63, 3.8) is 0 Å². The summed E-state index contributed by atoms with van der Waals surface area (Å²) in [5.41, 5.74) is 0. The number of carbonyl (C=O) groups excluding carboxylic acids is 1. The van der Waals surface area contributed by atoms with E-state index in [4.69, 9.17) is 11.6 Å². The molecule has 0 aromatic carbocycles. The van der Waals surface area contributed by atoms with Gasteiger partial charge in [0.15, 0.2) is 0 Å². The lowest BCUT2D eigenvalue weighted by molar-refractivity contribution is -0.140. The van der Waals surface area contributed by atoms with E-state index in [1.807, 2.05) is 0 Å². The smallest absolute Gasteiger partial charge is 0.305 e. The lowest BCUT2D eigenvalue weighted by Crippen LogP contribution is -2.28. The van der Waals surface area contributed by atoms with Crippen LogP contribution in [-0.4, -0.2) is 38.6 Å². The van der Waals surface area contributed by atoms with Crippen LogP contribution >= 0.6 is 22.9 Å². The van der Waals surface area contributed by atoms with Crippen molar-refractivity contribution in [1.29, 1.82) is 0 Å². The number of methoxy groups -OCH3 is 1. The summed E-state index contributed by atoms with van der Waals surface area (Å²) >= 11 is 7.14. The highest BCUT2D eigenvalue weighted by Crippen LogP contribution is 2.23. The summed E-state index contributed by atoms with van der Waals surface area (Å²) in [6.45, 7) is 0.290. The van der Waals surface area contributed by atoms with Gasteiger partial charge in [0, 0.05) is 24.9 Å². The van der Waals surface area contributed by atoms with Crippen molar-refractivity contribution in [2.24, 2.45) is 0 Å². The highest BCUT2D eigenvalue weighted by atomic mass is 35.5. The van der Waals surface area contributed by atoms with Crippen LogP contribution in [0.25, 0.3) is 0 Å². The van der Waals surface area contributed by atoms with Crippen molar-refractivity contribution in [1.82, 2.24) is 4.31 Å². The Kier molecular flexibility index (Phi) is 6.25. The number of nitrogens with zero attached hydrogens (tertiary/aromatic N) is 1. The summed E-state index contributed by atoms with van der Waals surface area (Å²) < 4.78 is 30.3. The number of rotatable bonds is 7. The van der Waals surface area contributed by atoms with Crippen molar-refractivity contribution in [2.45, 2.75) is 19.4 Å². The van der Waals surface area contributed by atoms with Gasteiger partial charge in [-0.2, -0.15) is 4.31 Å². The molecule has 0 bridgehead atoms. The van der Waals surface area contributed by atoms with Crippen molar-refractivity contribution >= 4 is 38.9 Å². The number of esters is 1. The maximum atomic E-state index is 12.0. The minimum Gasteiger partial charge on any atom is -0.469 e. The van der Waals surface area contributed by atoms with Crippen molar-refractivity contribution in [3.05, 3.63) is 21.3 Å². The van der Waals surface area contributed by atoms with Crippen LogP contribution in [0.4, 0.5) is 0 Å². The van der Waals surface area contributed by atoms with Crippen molar-refractivity contribution in [2.75, 3.05) is 19.9 Å². The normalized spacial score (nSPS) is 11.8. The minimum atomic E-state index is -3.36. The first-order valence-corrected chi connectivity index (χ1v) is 8.40. The highest BCUT2D eigenvalue weighted by molar-refractivity contribution is 7.89. The zero-order chi connectivity index (χ0) is 14.5. The zero-order valence-corrected chi connectivity index (χ0v) is 13.1. The topological polar surface area (TPSA) is 63.7 Å². The van der Waals surface area contributed by atoms with Crippen LogP contribution in [0.3, 0.4) is 0 Å². The van der Waals surface area contributed by atoms with E-state index in [9.17, 15) is 13.2 Å².